The van der Waals surface area contributed by atoms with Gasteiger partial charge in [-0.3, -0.25) is 19.2 Å². The molecule has 0 aliphatic carbocycles. The van der Waals surface area contributed by atoms with Crippen LogP contribution in [0.5, 0.6) is 5.75 Å². The molecule has 2 aromatic rings. The van der Waals surface area contributed by atoms with Crippen LogP contribution >= 0.6 is 11.8 Å². The van der Waals surface area contributed by atoms with Crippen LogP contribution < -0.4 is 15.4 Å². The summed E-state index contributed by atoms with van der Waals surface area (Å²) >= 11 is 1.03. The molecule has 0 aromatic heterocycles. The first kappa shape index (κ1) is 34.1. The van der Waals surface area contributed by atoms with Crippen LogP contribution in [-0.2, 0) is 38.1 Å². The van der Waals surface area contributed by atoms with E-state index in [1.165, 1.54) is 27.9 Å². The molecule has 13 heteroatoms. The predicted octanol–water partition coefficient (Wildman–Crippen LogP) is 4.22. The number of aryl methyl sites for hydroxylation is 1. The molecule has 0 bridgehead atoms. The van der Waals surface area contributed by atoms with Crippen LogP contribution in [0.1, 0.15) is 44.7 Å². The van der Waals surface area contributed by atoms with Crippen molar-refractivity contribution in [1.29, 1.82) is 5.26 Å². The van der Waals surface area contributed by atoms with Gasteiger partial charge in [-0.2, -0.15) is 5.26 Å². The molecular formula is C33H35N3O9S. The van der Waals surface area contributed by atoms with Gasteiger partial charge in [0.1, 0.15) is 11.2 Å². The lowest BCUT2D eigenvalue weighted by Gasteiger charge is -2.41. The van der Waals surface area contributed by atoms with Gasteiger partial charge in [0.15, 0.2) is 18.3 Å². The smallest absolute Gasteiger partial charge is 0.303 e. The van der Waals surface area contributed by atoms with E-state index in [2.05, 4.69) is 16.7 Å². The topological polar surface area (TPSA) is 162 Å². The van der Waals surface area contributed by atoms with Crippen LogP contribution in [-0.4, -0.2) is 61.3 Å². The van der Waals surface area contributed by atoms with Crippen molar-refractivity contribution in [2.75, 3.05) is 19.0 Å². The number of nitrogens with zero attached hydrogens (tertiary/aromatic N) is 1. The fraction of sp³-hybridized carbons (Fsp3) is 0.364. The normalized spacial score (nSPS) is 22.6. The number of amides is 1. The van der Waals surface area contributed by atoms with Crippen molar-refractivity contribution < 1.29 is 42.9 Å². The molecule has 242 valence electrons. The lowest BCUT2D eigenvalue weighted by atomic mass is 9.82. The number of methoxy groups -OCH3 is 1. The molecule has 2 aliphatic rings. The summed E-state index contributed by atoms with van der Waals surface area (Å²) in [5.41, 5.74) is 2.27. The van der Waals surface area contributed by atoms with E-state index in [-0.39, 0.29) is 12.2 Å². The van der Waals surface area contributed by atoms with Gasteiger partial charge in [-0.25, -0.2) is 0 Å². The van der Waals surface area contributed by atoms with Gasteiger partial charge in [0.05, 0.1) is 36.3 Å². The van der Waals surface area contributed by atoms with Crippen LogP contribution in [0.2, 0.25) is 0 Å². The van der Waals surface area contributed by atoms with Crippen molar-refractivity contribution in [3.63, 3.8) is 0 Å². The summed E-state index contributed by atoms with van der Waals surface area (Å²) in [6, 6.07) is 16.6. The largest absolute Gasteiger partial charge is 0.497 e. The van der Waals surface area contributed by atoms with Gasteiger partial charge in [-0.15, -0.1) is 0 Å². The van der Waals surface area contributed by atoms with E-state index < -0.39 is 53.5 Å². The zero-order valence-electron chi connectivity index (χ0n) is 26.2. The van der Waals surface area contributed by atoms with Crippen molar-refractivity contribution in [1.82, 2.24) is 5.32 Å². The molecule has 46 heavy (non-hydrogen) atoms. The maximum absolute atomic E-state index is 13.8. The Morgan fingerprint density at radius 1 is 0.913 bits per heavy atom. The van der Waals surface area contributed by atoms with Gasteiger partial charge < -0.3 is 34.3 Å². The molecule has 1 amide bonds. The monoisotopic (exact) mass is 649 g/mol. The van der Waals surface area contributed by atoms with Crippen molar-refractivity contribution in [2.24, 2.45) is 0 Å². The maximum Gasteiger partial charge on any atom is 0.303 e. The average molecular weight is 650 g/mol. The number of hydrogen-bond donors (Lipinski definition) is 2. The molecule has 1 saturated heterocycles. The van der Waals surface area contributed by atoms with Gasteiger partial charge in [-0.05, 0) is 43.7 Å². The molecule has 1 fully saturated rings. The number of allylic oxidation sites excluding steroid dienone is 2. The van der Waals surface area contributed by atoms with E-state index in [1.807, 2.05) is 19.1 Å². The number of ether oxygens (including phenoxy) is 5. The van der Waals surface area contributed by atoms with E-state index in [0.717, 1.165) is 17.3 Å². The molecule has 2 aliphatic heterocycles. The molecular weight excluding hydrogens is 614 g/mol. The minimum atomic E-state index is -1.21. The number of anilines is 1. The van der Waals surface area contributed by atoms with Crippen LogP contribution in [0.25, 0.3) is 0 Å². The number of carbonyl (C=O) groups is 4. The molecule has 0 spiro atoms. The van der Waals surface area contributed by atoms with E-state index in [1.54, 1.807) is 43.3 Å². The number of dihydropyridines is 1. The fourth-order valence-electron chi connectivity index (χ4n) is 5.20. The third-order valence-electron chi connectivity index (χ3n) is 7.19. The predicted molar refractivity (Wildman–Crippen MR) is 168 cm³/mol. The summed E-state index contributed by atoms with van der Waals surface area (Å²) < 4.78 is 27.7. The summed E-state index contributed by atoms with van der Waals surface area (Å²) in [6.45, 7) is 7.06. The van der Waals surface area contributed by atoms with Gasteiger partial charge in [0, 0.05) is 37.7 Å². The second kappa shape index (κ2) is 15.0. The Morgan fingerprint density at radius 3 is 2.09 bits per heavy atom. The van der Waals surface area contributed by atoms with E-state index in [4.69, 9.17) is 23.7 Å². The number of hydrogen-bond acceptors (Lipinski definition) is 12. The van der Waals surface area contributed by atoms with E-state index in [0.29, 0.717) is 33.3 Å². The molecule has 2 heterocycles. The fourth-order valence-corrected chi connectivity index (χ4v) is 6.42. The number of thioether (sulfide) groups is 1. The zero-order valence-corrected chi connectivity index (χ0v) is 27.1. The minimum Gasteiger partial charge on any atom is -0.497 e. The Morgan fingerprint density at radius 2 is 1.52 bits per heavy atom. The third-order valence-corrected chi connectivity index (χ3v) is 8.38. The van der Waals surface area contributed by atoms with Gasteiger partial charge >= 0.3 is 17.9 Å². The first-order valence-corrected chi connectivity index (χ1v) is 15.2. The Balaban J connectivity index is 1.75. The van der Waals surface area contributed by atoms with Crippen molar-refractivity contribution in [2.45, 2.75) is 64.3 Å². The first-order valence-electron chi connectivity index (χ1n) is 14.4. The number of nitrogens with one attached hydrogen (secondary N) is 2. The van der Waals surface area contributed by atoms with Crippen molar-refractivity contribution in [3.8, 4) is 11.8 Å². The quantitative estimate of drug-likeness (QED) is 0.294. The Kier molecular flexibility index (Phi) is 11.1. The number of carbonyl (C=O) groups excluding carboxylic acids is 4. The standard InChI is InChI=1S/C33H35N3O9S/c1-17-7-11-23(12-8-17)36-31(40)27-18(2)35-32(25(15-34)28(27)22-9-13-24(41-6)14-10-22)46-33-30(45-21(5)39)29(44-20(4)38)26(16-42-33)43-19(3)37/h7-14,26,28-30,33,35H,16H2,1-6H3,(H,36,40)/t26-,28?,29+,30-,33+/m1/s1. The number of rotatable bonds is 9. The summed E-state index contributed by atoms with van der Waals surface area (Å²) in [6.07, 6.45) is -3.44. The van der Waals surface area contributed by atoms with Crippen LogP contribution in [0.4, 0.5) is 5.69 Å². The highest BCUT2D eigenvalue weighted by molar-refractivity contribution is 8.03. The molecule has 12 nitrogen and oxygen atoms in total. The number of nitriles is 1. The summed E-state index contributed by atoms with van der Waals surface area (Å²) in [5, 5.41) is 17.0. The van der Waals surface area contributed by atoms with Gasteiger partial charge in [-0.1, -0.05) is 41.6 Å². The minimum absolute atomic E-state index is 0.178. The molecule has 2 N–H and O–H groups in total. The second-order valence-corrected chi connectivity index (χ2v) is 11.8. The maximum atomic E-state index is 13.8. The SMILES string of the molecule is COc1ccc(C2C(C#N)=C(S[C@@H]3OC[C@@H](OC(C)=O)[C@H](OC(C)=O)[C@H]3OC(C)=O)NC(C)=C2C(=O)Nc2ccc(C)cc2)cc1. The zero-order chi connectivity index (χ0) is 33.5. The Bertz CT molecular complexity index is 1600. The summed E-state index contributed by atoms with van der Waals surface area (Å²) in [5.74, 6) is -2.62. The molecule has 0 radical (unpaired) electrons. The average Bonchev–Trinajstić information content (AvgIpc) is 3.00. The highest BCUT2D eigenvalue weighted by atomic mass is 32.2. The van der Waals surface area contributed by atoms with Crippen LogP contribution in [0.15, 0.2) is 70.4 Å². The highest BCUT2D eigenvalue weighted by Crippen LogP contribution is 2.44. The molecule has 4 rings (SSSR count). The van der Waals surface area contributed by atoms with Crippen molar-refractivity contribution >= 4 is 41.3 Å². The Hall–Kier alpha value is -4.80. The van der Waals surface area contributed by atoms with E-state index in [9.17, 15) is 24.4 Å². The third kappa shape index (κ3) is 8.07. The molecule has 0 saturated carbocycles. The molecule has 1 unspecified atom stereocenters. The molecule has 2 aromatic carbocycles. The van der Waals surface area contributed by atoms with E-state index >= 15 is 0 Å². The van der Waals surface area contributed by atoms with Crippen molar-refractivity contribution in [3.05, 3.63) is 81.5 Å². The first-order chi connectivity index (χ1) is 21.9. The summed E-state index contributed by atoms with van der Waals surface area (Å²) in [4.78, 5) is 49.8. The lowest BCUT2D eigenvalue weighted by Crippen LogP contribution is -2.56. The number of benzene rings is 2. The highest BCUT2D eigenvalue weighted by Gasteiger charge is 2.48. The van der Waals surface area contributed by atoms with Gasteiger partial charge in [0.25, 0.3) is 5.91 Å². The lowest BCUT2D eigenvalue weighted by molar-refractivity contribution is -0.213. The Labute approximate surface area is 271 Å². The second-order valence-electron chi connectivity index (χ2n) is 10.7. The summed E-state index contributed by atoms with van der Waals surface area (Å²) in [7, 11) is 1.54. The molecule has 5 atom stereocenters. The number of esters is 3. The van der Waals surface area contributed by atoms with Crippen LogP contribution in [0, 0.1) is 18.3 Å². The van der Waals surface area contributed by atoms with Gasteiger partial charge in [0.2, 0.25) is 0 Å². The van der Waals surface area contributed by atoms with Crippen LogP contribution in [0.3, 0.4) is 0 Å².